The van der Waals surface area contributed by atoms with E-state index in [1.54, 1.807) is 0 Å². The van der Waals surface area contributed by atoms with Gasteiger partial charge in [-0.3, -0.25) is 0 Å². The highest BCUT2D eigenvalue weighted by atomic mass is 14.8. The Morgan fingerprint density at radius 1 is 1.30 bits per heavy atom. The number of rotatable bonds is 1. The Hall–Kier alpha value is -0.0400. The molecule has 2 N–H and O–H groups in total. The third-order valence-electron chi connectivity index (χ3n) is 2.23. The molecule has 60 valence electrons. The molecule has 0 aliphatic heterocycles. The molecule has 0 spiro atoms. The highest BCUT2D eigenvalue weighted by Crippen LogP contribution is 2.38. The van der Waals surface area contributed by atoms with Crippen molar-refractivity contribution in [1.82, 2.24) is 0 Å². The van der Waals surface area contributed by atoms with E-state index in [9.17, 15) is 0 Å². The summed E-state index contributed by atoms with van der Waals surface area (Å²) in [5, 5.41) is 0. The summed E-state index contributed by atoms with van der Waals surface area (Å²) in [6.07, 6.45) is 5.00. The lowest BCUT2D eigenvalue weighted by molar-refractivity contribution is 0.163. The maximum atomic E-state index is 6.09. The van der Waals surface area contributed by atoms with Crippen molar-refractivity contribution in [3.05, 3.63) is 0 Å². The minimum atomic E-state index is 0.207. The molecular weight excluding hydrogens is 122 g/mol. The van der Waals surface area contributed by atoms with Crippen LogP contribution in [0.15, 0.2) is 0 Å². The molecule has 1 fully saturated rings. The molecule has 1 saturated carbocycles. The summed E-state index contributed by atoms with van der Waals surface area (Å²) in [6.45, 7) is 6.79. The zero-order chi connectivity index (χ0) is 7.83. The Kier molecular flexibility index (Phi) is 1.80. The summed E-state index contributed by atoms with van der Waals surface area (Å²) in [5.41, 5.74) is 6.71. The molecule has 0 aromatic rings. The fourth-order valence-electron chi connectivity index (χ4n) is 1.86. The van der Waals surface area contributed by atoms with Crippen molar-refractivity contribution in [2.45, 2.75) is 52.0 Å². The van der Waals surface area contributed by atoms with Crippen LogP contribution in [0.2, 0.25) is 0 Å². The molecule has 0 bridgehead atoms. The Morgan fingerprint density at radius 3 is 1.90 bits per heavy atom. The fraction of sp³-hybridized carbons (Fsp3) is 1.00. The van der Waals surface area contributed by atoms with Gasteiger partial charge in [-0.2, -0.15) is 0 Å². The van der Waals surface area contributed by atoms with Crippen molar-refractivity contribution in [1.29, 1.82) is 0 Å². The van der Waals surface area contributed by atoms with Gasteiger partial charge in [-0.1, -0.05) is 20.8 Å². The van der Waals surface area contributed by atoms with Gasteiger partial charge in [0.15, 0.2) is 0 Å². The molecule has 0 aromatic carbocycles. The first kappa shape index (κ1) is 8.06. The molecule has 0 radical (unpaired) electrons. The normalized spacial score (nSPS) is 24.0. The summed E-state index contributed by atoms with van der Waals surface area (Å²) in [7, 11) is 0. The van der Waals surface area contributed by atoms with E-state index in [2.05, 4.69) is 20.8 Å². The monoisotopic (exact) mass is 141 g/mol. The first-order valence-corrected chi connectivity index (χ1v) is 4.20. The molecule has 0 amide bonds. The zero-order valence-corrected chi connectivity index (χ0v) is 7.41. The standard InChI is InChI=1S/C9H19N/c1-8(2,3)7-9(10)5-4-6-9/h4-7,10H2,1-3H3. The Morgan fingerprint density at radius 2 is 1.80 bits per heavy atom. The molecule has 0 heterocycles. The van der Waals surface area contributed by atoms with Crippen LogP contribution in [0.5, 0.6) is 0 Å². The van der Waals surface area contributed by atoms with Gasteiger partial charge in [0, 0.05) is 5.54 Å². The van der Waals surface area contributed by atoms with Crippen molar-refractivity contribution in [2.24, 2.45) is 11.1 Å². The summed E-state index contributed by atoms with van der Waals surface area (Å²) in [5.74, 6) is 0. The molecule has 1 heteroatoms. The van der Waals surface area contributed by atoms with Gasteiger partial charge in [0.1, 0.15) is 0 Å². The van der Waals surface area contributed by atoms with E-state index in [0.717, 1.165) is 0 Å². The first-order chi connectivity index (χ1) is 4.41. The van der Waals surface area contributed by atoms with E-state index >= 15 is 0 Å². The Labute approximate surface area is 64.0 Å². The van der Waals surface area contributed by atoms with Crippen molar-refractivity contribution in [3.63, 3.8) is 0 Å². The molecule has 0 unspecified atom stereocenters. The maximum Gasteiger partial charge on any atom is 0.0159 e. The highest BCUT2D eigenvalue weighted by Gasteiger charge is 2.35. The van der Waals surface area contributed by atoms with Gasteiger partial charge in [0.2, 0.25) is 0 Å². The first-order valence-electron chi connectivity index (χ1n) is 4.20. The fourth-order valence-corrected chi connectivity index (χ4v) is 1.86. The summed E-state index contributed by atoms with van der Waals surface area (Å²) >= 11 is 0. The molecule has 1 aliphatic carbocycles. The largest absolute Gasteiger partial charge is 0.325 e. The highest BCUT2D eigenvalue weighted by molar-refractivity contribution is 4.95. The number of nitrogens with two attached hydrogens (primary N) is 1. The third-order valence-corrected chi connectivity index (χ3v) is 2.23. The van der Waals surface area contributed by atoms with Crippen LogP contribution >= 0.6 is 0 Å². The molecule has 10 heavy (non-hydrogen) atoms. The number of hydrogen-bond acceptors (Lipinski definition) is 1. The maximum absolute atomic E-state index is 6.09. The molecule has 1 rings (SSSR count). The Bertz CT molecular complexity index is 117. The van der Waals surface area contributed by atoms with Crippen LogP contribution < -0.4 is 5.73 Å². The van der Waals surface area contributed by atoms with E-state index < -0.39 is 0 Å². The Balaban J connectivity index is 2.37. The van der Waals surface area contributed by atoms with Crippen molar-refractivity contribution >= 4 is 0 Å². The average molecular weight is 141 g/mol. The molecule has 0 aromatic heterocycles. The summed E-state index contributed by atoms with van der Waals surface area (Å²) in [6, 6.07) is 0. The lowest BCUT2D eigenvalue weighted by Gasteiger charge is -2.42. The van der Waals surface area contributed by atoms with E-state index in [1.807, 2.05) is 0 Å². The van der Waals surface area contributed by atoms with Gasteiger partial charge >= 0.3 is 0 Å². The quantitative estimate of drug-likeness (QED) is 0.595. The molecule has 0 atom stereocenters. The van der Waals surface area contributed by atoms with Gasteiger partial charge in [-0.15, -0.1) is 0 Å². The van der Waals surface area contributed by atoms with Crippen molar-refractivity contribution < 1.29 is 0 Å². The summed E-state index contributed by atoms with van der Waals surface area (Å²) in [4.78, 5) is 0. The van der Waals surface area contributed by atoms with Crippen LogP contribution in [0.1, 0.15) is 46.5 Å². The zero-order valence-electron chi connectivity index (χ0n) is 7.41. The second-order valence-electron chi connectivity index (χ2n) is 4.95. The van der Waals surface area contributed by atoms with Crippen molar-refractivity contribution in [3.8, 4) is 0 Å². The van der Waals surface area contributed by atoms with Crippen molar-refractivity contribution in [2.75, 3.05) is 0 Å². The SMILES string of the molecule is CC(C)(C)CC1(N)CCC1. The second kappa shape index (κ2) is 2.23. The van der Waals surface area contributed by atoms with Crippen LogP contribution in [-0.4, -0.2) is 5.54 Å². The third kappa shape index (κ3) is 1.98. The van der Waals surface area contributed by atoms with Gasteiger partial charge in [0.05, 0.1) is 0 Å². The van der Waals surface area contributed by atoms with Crippen LogP contribution in [0.4, 0.5) is 0 Å². The van der Waals surface area contributed by atoms with Gasteiger partial charge < -0.3 is 5.73 Å². The minimum Gasteiger partial charge on any atom is -0.325 e. The molecule has 1 aliphatic rings. The lowest BCUT2D eigenvalue weighted by atomic mass is 9.69. The van der Waals surface area contributed by atoms with Crippen LogP contribution in [-0.2, 0) is 0 Å². The van der Waals surface area contributed by atoms with Crippen LogP contribution in [0.3, 0.4) is 0 Å². The second-order valence-corrected chi connectivity index (χ2v) is 4.95. The van der Waals surface area contributed by atoms with E-state index in [-0.39, 0.29) is 5.54 Å². The van der Waals surface area contributed by atoms with E-state index in [1.165, 1.54) is 25.7 Å². The van der Waals surface area contributed by atoms with E-state index in [4.69, 9.17) is 5.73 Å². The molecular formula is C9H19N. The lowest BCUT2D eigenvalue weighted by Crippen LogP contribution is -2.48. The van der Waals surface area contributed by atoms with Crippen LogP contribution in [0.25, 0.3) is 0 Å². The van der Waals surface area contributed by atoms with Gasteiger partial charge in [-0.25, -0.2) is 0 Å². The minimum absolute atomic E-state index is 0.207. The number of hydrogen-bond donors (Lipinski definition) is 1. The van der Waals surface area contributed by atoms with E-state index in [0.29, 0.717) is 5.41 Å². The molecule has 1 nitrogen and oxygen atoms in total. The smallest absolute Gasteiger partial charge is 0.0159 e. The molecule has 0 saturated heterocycles. The topological polar surface area (TPSA) is 26.0 Å². The average Bonchev–Trinajstić information content (AvgIpc) is 1.57. The van der Waals surface area contributed by atoms with Crippen LogP contribution in [0, 0.1) is 5.41 Å². The predicted octanol–water partition coefficient (Wildman–Crippen LogP) is 2.30. The summed E-state index contributed by atoms with van der Waals surface area (Å²) < 4.78 is 0. The van der Waals surface area contributed by atoms with Gasteiger partial charge in [-0.05, 0) is 31.1 Å². The van der Waals surface area contributed by atoms with Gasteiger partial charge in [0.25, 0.3) is 0 Å². The predicted molar refractivity (Wildman–Crippen MR) is 44.8 cm³/mol.